The predicted molar refractivity (Wildman–Crippen MR) is 174 cm³/mol. The van der Waals surface area contributed by atoms with Crippen LogP contribution in [-0.2, 0) is 0 Å². The van der Waals surface area contributed by atoms with Crippen LogP contribution in [0.1, 0.15) is 11.4 Å². The van der Waals surface area contributed by atoms with Gasteiger partial charge < -0.3 is 0 Å². The van der Waals surface area contributed by atoms with Crippen molar-refractivity contribution in [1.29, 1.82) is 0 Å². The molecule has 0 unspecified atom stereocenters. The minimum absolute atomic E-state index is 1.03. The molecule has 0 saturated heterocycles. The summed E-state index contributed by atoms with van der Waals surface area (Å²) in [5, 5.41) is 15.2. The summed E-state index contributed by atoms with van der Waals surface area (Å²) in [6, 6.07) is 48.0. The molecule has 1 aromatic heterocycles. The smallest absolute Gasteiger partial charge is 0.0733 e. The first-order chi connectivity index (χ1) is 20.2. The van der Waals surface area contributed by atoms with Crippen LogP contribution in [0.3, 0.4) is 0 Å². The zero-order valence-electron chi connectivity index (χ0n) is 23.1. The van der Waals surface area contributed by atoms with Crippen molar-refractivity contribution in [3.05, 3.63) is 145 Å². The molecule has 8 rings (SSSR count). The largest absolute Gasteiger partial charge is 0.237 e. The maximum Gasteiger partial charge on any atom is 0.0733 e. The molecule has 0 fully saturated rings. The molecule has 2 nitrogen and oxygen atoms in total. The lowest BCUT2D eigenvalue weighted by Crippen LogP contribution is -2.01. The molecule has 0 radical (unpaired) electrons. The SMILES string of the molecule is Cc1nn(-c2cc3ccccc3c3ccccc23)c(C)c1-c1c2ccccc2c(-c2ccccc2)c2ccccc12. The molecule has 41 heavy (non-hydrogen) atoms. The molecule has 0 aliphatic heterocycles. The van der Waals surface area contributed by atoms with Crippen LogP contribution in [0.15, 0.2) is 133 Å². The topological polar surface area (TPSA) is 17.8 Å². The lowest BCUT2D eigenvalue weighted by atomic mass is 9.85. The predicted octanol–water partition coefficient (Wildman–Crippen LogP) is 10.4. The van der Waals surface area contributed by atoms with Gasteiger partial charge in [-0.1, -0.05) is 127 Å². The van der Waals surface area contributed by atoms with Crippen LogP contribution in [0, 0.1) is 13.8 Å². The fourth-order valence-corrected chi connectivity index (χ4v) is 6.76. The summed E-state index contributed by atoms with van der Waals surface area (Å²) in [5.41, 5.74) is 8.26. The van der Waals surface area contributed by atoms with E-state index in [9.17, 15) is 0 Å². The fraction of sp³-hybridized carbons (Fsp3) is 0.0513. The Morgan fingerprint density at radius 3 is 1.56 bits per heavy atom. The number of hydrogen-bond donors (Lipinski definition) is 0. The van der Waals surface area contributed by atoms with E-state index in [1.54, 1.807) is 0 Å². The standard InChI is InChI=1S/C39H28N2/c1-25-37(26(2)41(40-25)36-24-28-16-6-7-17-29(28)30-18-8-9-19-31(30)36)39-34-22-12-10-20-32(34)38(27-14-4-3-5-15-27)33-21-11-13-23-35(33)39/h3-24H,1-2H3. The quantitative estimate of drug-likeness (QED) is 0.166. The van der Waals surface area contributed by atoms with E-state index in [2.05, 4.69) is 152 Å². The summed E-state index contributed by atoms with van der Waals surface area (Å²) < 4.78 is 2.16. The van der Waals surface area contributed by atoms with Crippen molar-refractivity contribution in [3.63, 3.8) is 0 Å². The van der Waals surface area contributed by atoms with Gasteiger partial charge in [0.1, 0.15) is 0 Å². The Labute approximate surface area is 239 Å². The second-order valence-corrected chi connectivity index (χ2v) is 10.8. The number of rotatable bonds is 3. The molecule has 0 amide bonds. The van der Waals surface area contributed by atoms with Gasteiger partial charge in [0.05, 0.1) is 11.4 Å². The van der Waals surface area contributed by atoms with Crippen LogP contribution in [0.25, 0.3) is 71.0 Å². The molecule has 7 aromatic carbocycles. The van der Waals surface area contributed by atoms with Crippen molar-refractivity contribution in [3.8, 4) is 27.9 Å². The van der Waals surface area contributed by atoms with Gasteiger partial charge in [-0.25, -0.2) is 4.68 Å². The van der Waals surface area contributed by atoms with E-state index in [1.807, 2.05) is 0 Å². The van der Waals surface area contributed by atoms with Crippen molar-refractivity contribution in [1.82, 2.24) is 9.78 Å². The maximum atomic E-state index is 5.22. The molecular formula is C39H28N2. The highest BCUT2D eigenvalue weighted by Gasteiger charge is 2.23. The van der Waals surface area contributed by atoms with E-state index >= 15 is 0 Å². The average Bonchev–Trinajstić information content (AvgIpc) is 3.32. The Morgan fingerprint density at radius 2 is 0.927 bits per heavy atom. The Morgan fingerprint density at radius 1 is 0.439 bits per heavy atom. The van der Waals surface area contributed by atoms with E-state index in [0.717, 1.165) is 17.1 Å². The van der Waals surface area contributed by atoms with Crippen molar-refractivity contribution in [2.24, 2.45) is 0 Å². The summed E-state index contributed by atoms with van der Waals surface area (Å²) in [4.78, 5) is 0. The number of benzene rings is 7. The van der Waals surface area contributed by atoms with E-state index in [1.165, 1.54) is 65.3 Å². The maximum absolute atomic E-state index is 5.22. The first-order valence-corrected chi connectivity index (χ1v) is 14.2. The normalized spacial score (nSPS) is 11.7. The average molecular weight is 525 g/mol. The van der Waals surface area contributed by atoms with Gasteiger partial charge in [0.25, 0.3) is 0 Å². The van der Waals surface area contributed by atoms with Crippen LogP contribution in [0.4, 0.5) is 0 Å². The zero-order valence-corrected chi connectivity index (χ0v) is 23.1. The third-order valence-electron chi connectivity index (χ3n) is 8.51. The Bertz CT molecular complexity index is 2220. The van der Waals surface area contributed by atoms with E-state index < -0.39 is 0 Å². The van der Waals surface area contributed by atoms with E-state index in [0.29, 0.717) is 0 Å². The molecule has 0 saturated carbocycles. The first kappa shape index (κ1) is 23.7. The summed E-state index contributed by atoms with van der Waals surface area (Å²) in [6.45, 7) is 4.37. The van der Waals surface area contributed by atoms with Gasteiger partial charge in [0.2, 0.25) is 0 Å². The minimum Gasteiger partial charge on any atom is -0.237 e. The third kappa shape index (κ3) is 3.54. The van der Waals surface area contributed by atoms with Gasteiger partial charge in [-0.3, -0.25) is 0 Å². The van der Waals surface area contributed by atoms with Crippen LogP contribution < -0.4 is 0 Å². The Kier molecular flexibility index (Phi) is 5.30. The molecule has 2 heteroatoms. The highest BCUT2D eigenvalue weighted by atomic mass is 15.3. The van der Waals surface area contributed by atoms with Gasteiger partial charge >= 0.3 is 0 Å². The molecule has 0 spiro atoms. The summed E-state index contributed by atoms with van der Waals surface area (Å²) >= 11 is 0. The third-order valence-corrected chi connectivity index (χ3v) is 8.51. The highest BCUT2D eigenvalue weighted by molar-refractivity contribution is 6.21. The Balaban J connectivity index is 1.47. The fourth-order valence-electron chi connectivity index (χ4n) is 6.76. The lowest BCUT2D eigenvalue weighted by molar-refractivity contribution is 0.841. The van der Waals surface area contributed by atoms with Crippen molar-refractivity contribution in [2.75, 3.05) is 0 Å². The molecule has 0 aliphatic rings. The van der Waals surface area contributed by atoms with Crippen molar-refractivity contribution in [2.45, 2.75) is 13.8 Å². The summed E-state index contributed by atoms with van der Waals surface area (Å²) in [5.74, 6) is 0. The lowest BCUT2D eigenvalue weighted by Gasteiger charge is -2.18. The molecule has 0 bridgehead atoms. The number of aryl methyl sites for hydroxylation is 1. The van der Waals surface area contributed by atoms with Gasteiger partial charge in [0.15, 0.2) is 0 Å². The van der Waals surface area contributed by atoms with Gasteiger partial charge in [0, 0.05) is 22.2 Å². The number of aromatic nitrogens is 2. The number of fused-ring (bicyclic) bond motifs is 5. The Hall–Kier alpha value is -5.21. The second kappa shape index (κ2) is 9.18. The number of hydrogen-bond acceptors (Lipinski definition) is 1. The van der Waals surface area contributed by atoms with Crippen LogP contribution >= 0.6 is 0 Å². The van der Waals surface area contributed by atoms with Crippen molar-refractivity contribution < 1.29 is 0 Å². The van der Waals surface area contributed by atoms with E-state index in [-0.39, 0.29) is 0 Å². The summed E-state index contributed by atoms with van der Waals surface area (Å²) in [7, 11) is 0. The second-order valence-electron chi connectivity index (χ2n) is 10.8. The molecule has 0 aliphatic carbocycles. The van der Waals surface area contributed by atoms with Crippen LogP contribution in [-0.4, -0.2) is 9.78 Å². The molecule has 194 valence electrons. The highest BCUT2D eigenvalue weighted by Crippen LogP contribution is 2.45. The minimum atomic E-state index is 1.03. The monoisotopic (exact) mass is 524 g/mol. The van der Waals surface area contributed by atoms with E-state index in [4.69, 9.17) is 5.10 Å². The molecule has 8 aromatic rings. The number of nitrogens with zero attached hydrogens (tertiary/aromatic N) is 2. The van der Waals surface area contributed by atoms with Gasteiger partial charge in [-0.05, 0) is 68.7 Å². The molecule has 0 N–H and O–H groups in total. The van der Waals surface area contributed by atoms with Crippen LogP contribution in [0.2, 0.25) is 0 Å². The van der Waals surface area contributed by atoms with Crippen molar-refractivity contribution >= 4 is 43.1 Å². The molecule has 1 heterocycles. The zero-order chi connectivity index (χ0) is 27.5. The van der Waals surface area contributed by atoms with Gasteiger partial charge in [-0.15, -0.1) is 0 Å². The van der Waals surface area contributed by atoms with Gasteiger partial charge in [-0.2, -0.15) is 5.10 Å². The van der Waals surface area contributed by atoms with Crippen LogP contribution in [0.5, 0.6) is 0 Å². The first-order valence-electron chi connectivity index (χ1n) is 14.2. The molecular weight excluding hydrogens is 496 g/mol. The summed E-state index contributed by atoms with van der Waals surface area (Å²) in [6.07, 6.45) is 0. The molecule has 0 atom stereocenters.